The van der Waals surface area contributed by atoms with E-state index in [9.17, 15) is 20.4 Å². The highest BCUT2D eigenvalue weighted by Crippen LogP contribution is 2.47. The fourth-order valence-corrected chi connectivity index (χ4v) is 4.79. The number of aromatic hydroxyl groups is 2. The smallest absolute Gasteiger partial charge is 0.122 e. The quantitative estimate of drug-likeness (QED) is 0.339. The number of rotatable bonds is 13. The van der Waals surface area contributed by atoms with Crippen molar-refractivity contribution < 1.29 is 20.4 Å². The molecule has 0 aliphatic carbocycles. The normalized spacial score (nSPS) is 15.5. The van der Waals surface area contributed by atoms with Crippen molar-refractivity contribution in [1.82, 2.24) is 9.80 Å². The molecule has 2 rings (SSSR count). The number of aliphatic hydroxyl groups is 2. The first kappa shape index (κ1) is 28.1. The summed E-state index contributed by atoms with van der Waals surface area (Å²) in [5.41, 5.74) is -0.595. The number of phenols is 2. The zero-order chi connectivity index (χ0) is 25.5. The minimum absolute atomic E-state index is 0.181. The Morgan fingerprint density at radius 3 is 1.18 bits per heavy atom. The summed E-state index contributed by atoms with van der Waals surface area (Å²) in [7, 11) is 0. The standard InChI is InChI=1S/C28H44N2O4/c1-7-27(33,23-13-15-25(31)21(17-23)19-29(9-3)10-4)28(34,8-2)24-14-16-26(32)22(18-24)20-30(11-5)12-6/h13-18,31-34H,7-12,19-20H2,1-6H3. The SMILES string of the molecule is CCN(CC)Cc1cc(C(O)(CC)C(O)(CC)c2ccc(O)c(CN(CC)CC)c2)ccc1O. The topological polar surface area (TPSA) is 87.4 Å². The van der Waals surface area contributed by atoms with Crippen LogP contribution in [0.25, 0.3) is 0 Å². The van der Waals surface area contributed by atoms with E-state index in [0.29, 0.717) is 24.2 Å². The molecule has 0 radical (unpaired) electrons. The Morgan fingerprint density at radius 1 is 0.588 bits per heavy atom. The van der Waals surface area contributed by atoms with Crippen LogP contribution in [0.15, 0.2) is 36.4 Å². The molecule has 2 atom stereocenters. The third-order valence-electron chi connectivity index (χ3n) is 7.40. The number of nitrogens with zero attached hydrogens (tertiary/aromatic N) is 2. The lowest BCUT2D eigenvalue weighted by molar-refractivity contribution is -0.169. The van der Waals surface area contributed by atoms with E-state index in [2.05, 4.69) is 37.5 Å². The maximum Gasteiger partial charge on any atom is 0.122 e. The van der Waals surface area contributed by atoms with Crippen molar-refractivity contribution in [1.29, 1.82) is 0 Å². The lowest BCUT2D eigenvalue weighted by atomic mass is 9.70. The summed E-state index contributed by atoms with van der Waals surface area (Å²) in [6, 6.07) is 10.2. The van der Waals surface area contributed by atoms with Gasteiger partial charge in [0.2, 0.25) is 0 Å². The monoisotopic (exact) mass is 472 g/mol. The highest BCUT2D eigenvalue weighted by atomic mass is 16.4. The molecule has 6 nitrogen and oxygen atoms in total. The molecule has 2 aromatic rings. The number of hydrogen-bond acceptors (Lipinski definition) is 6. The molecule has 2 unspecified atom stereocenters. The van der Waals surface area contributed by atoms with Crippen molar-refractivity contribution in [2.24, 2.45) is 0 Å². The first-order valence-electron chi connectivity index (χ1n) is 12.7. The summed E-state index contributed by atoms with van der Waals surface area (Å²) in [5, 5.41) is 45.1. The summed E-state index contributed by atoms with van der Waals surface area (Å²) in [4.78, 5) is 4.38. The molecule has 4 N–H and O–H groups in total. The van der Waals surface area contributed by atoms with Crippen LogP contribution in [0.1, 0.15) is 76.6 Å². The van der Waals surface area contributed by atoms with Crippen LogP contribution in [0.3, 0.4) is 0 Å². The molecule has 0 amide bonds. The Balaban J connectivity index is 2.58. The van der Waals surface area contributed by atoms with Gasteiger partial charge in [0.1, 0.15) is 22.7 Å². The first-order valence-corrected chi connectivity index (χ1v) is 12.7. The second-order valence-corrected chi connectivity index (χ2v) is 9.04. The Bertz CT molecular complexity index is 851. The average Bonchev–Trinajstić information content (AvgIpc) is 2.86. The molecule has 0 saturated heterocycles. The predicted octanol–water partition coefficient (Wildman–Crippen LogP) is 4.68. The van der Waals surface area contributed by atoms with Crippen LogP contribution in [-0.2, 0) is 24.3 Å². The van der Waals surface area contributed by atoms with Gasteiger partial charge in [-0.2, -0.15) is 0 Å². The molecule has 0 bridgehead atoms. The van der Waals surface area contributed by atoms with Crippen molar-refractivity contribution in [3.8, 4) is 11.5 Å². The first-order chi connectivity index (χ1) is 16.1. The van der Waals surface area contributed by atoms with E-state index in [1.54, 1.807) is 24.3 Å². The summed E-state index contributed by atoms with van der Waals surface area (Å²) in [6.45, 7) is 16.5. The summed E-state index contributed by atoms with van der Waals surface area (Å²) < 4.78 is 0. The van der Waals surface area contributed by atoms with Gasteiger partial charge < -0.3 is 20.4 Å². The number of hydrogen-bond donors (Lipinski definition) is 4. The van der Waals surface area contributed by atoms with E-state index in [-0.39, 0.29) is 24.3 Å². The Morgan fingerprint density at radius 2 is 0.912 bits per heavy atom. The molecule has 0 aromatic heterocycles. The molecule has 2 aromatic carbocycles. The molecule has 0 aliphatic heterocycles. The molecule has 0 aliphatic rings. The average molecular weight is 473 g/mol. The highest BCUT2D eigenvalue weighted by molar-refractivity contribution is 5.44. The molecular formula is C28H44N2O4. The van der Waals surface area contributed by atoms with E-state index in [4.69, 9.17) is 0 Å². The van der Waals surface area contributed by atoms with E-state index in [1.165, 1.54) is 0 Å². The molecule has 190 valence electrons. The fourth-order valence-electron chi connectivity index (χ4n) is 4.79. The van der Waals surface area contributed by atoms with E-state index >= 15 is 0 Å². The second kappa shape index (κ2) is 12.0. The Hall–Kier alpha value is -2.12. The number of benzene rings is 2. The summed E-state index contributed by atoms with van der Waals surface area (Å²) >= 11 is 0. The summed E-state index contributed by atoms with van der Waals surface area (Å²) in [6.07, 6.45) is 0.554. The van der Waals surface area contributed by atoms with Gasteiger partial charge in [-0.15, -0.1) is 0 Å². The lowest BCUT2D eigenvalue weighted by Gasteiger charge is -2.44. The van der Waals surface area contributed by atoms with Gasteiger partial charge in [-0.05, 0) is 74.4 Å². The zero-order valence-electron chi connectivity index (χ0n) is 21.8. The number of phenolic OH excluding ortho intramolecular Hbond substituents is 2. The molecule has 0 saturated carbocycles. The zero-order valence-corrected chi connectivity index (χ0v) is 21.8. The van der Waals surface area contributed by atoms with Gasteiger partial charge in [0, 0.05) is 24.2 Å². The lowest BCUT2D eigenvalue weighted by Crippen LogP contribution is -2.49. The Labute approximate surface area is 205 Å². The molecule has 0 heterocycles. The van der Waals surface area contributed by atoms with Crippen LogP contribution in [-0.4, -0.2) is 56.4 Å². The molecule has 0 fully saturated rings. The van der Waals surface area contributed by atoms with Crippen LogP contribution in [0, 0.1) is 0 Å². The summed E-state index contributed by atoms with van der Waals surface area (Å²) in [5.74, 6) is 0.362. The van der Waals surface area contributed by atoms with Gasteiger partial charge in [0.25, 0.3) is 0 Å². The van der Waals surface area contributed by atoms with Gasteiger partial charge in [0.05, 0.1) is 0 Å². The van der Waals surface area contributed by atoms with Gasteiger partial charge in [0.15, 0.2) is 0 Å². The fraction of sp³-hybridized carbons (Fsp3) is 0.571. The maximum absolute atomic E-state index is 12.0. The molecule has 34 heavy (non-hydrogen) atoms. The third-order valence-corrected chi connectivity index (χ3v) is 7.40. The van der Waals surface area contributed by atoms with Gasteiger partial charge in [-0.3, -0.25) is 9.80 Å². The van der Waals surface area contributed by atoms with E-state index in [0.717, 1.165) is 37.3 Å². The molecular weight excluding hydrogens is 428 g/mol. The van der Waals surface area contributed by atoms with Crippen molar-refractivity contribution >= 4 is 0 Å². The van der Waals surface area contributed by atoms with Crippen molar-refractivity contribution in [3.05, 3.63) is 58.7 Å². The van der Waals surface area contributed by atoms with Crippen LogP contribution in [0.4, 0.5) is 0 Å². The van der Waals surface area contributed by atoms with Crippen LogP contribution >= 0.6 is 0 Å². The van der Waals surface area contributed by atoms with Gasteiger partial charge in [-0.1, -0.05) is 53.7 Å². The highest BCUT2D eigenvalue weighted by Gasteiger charge is 2.49. The van der Waals surface area contributed by atoms with Crippen molar-refractivity contribution in [2.75, 3.05) is 26.2 Å². The predicted molar refractivity (Wildman–Crippen MR) is 138 cm³/mol. The van der Waals surface area contributed by atoms with Gasteiger partial charge in [-0.25, -0.2) is 0 Å². The van der Waals surface area contributed by atoms with Crippen LogP contribution in [0.5, 0.6) is 11.5 Å². The molecule has 6 heteroatoms. The van der Waals surface area contributed by atoms with E-state index in [1.807, 2.05) is 26.0 Å². The minimum atomic E-state index is -1.59. The second-order valence-electron chi connectivity index (χ2n) is 9.04. The maximum atomic E-state index is 12.0. The van der Waals surface area contributed by atoms with Crippen LogP contribution in [0.2, 0.25) is 0 Å². The van der Waals surface area contributed by atoms with Crippen molar-refractivity contribution in [3.63, 3.8) is 0 Å². The minimum Gasteiger partial charge on any atom is -0.508 e. The molecule has 0 spiro atoms. The largest absolute Gasteiger partial charge is 0.508 e. The van der Waals surface area contributed by atoms with Crippen molar-refractivity contribution in [2.45, 2.75) is 78.7 Å². The third kappa shape index (κ3) is 5.57. The Kier molecular flexibility index (Phi) is 9.95. The van der Waals surface area contributed by atoms with Gasteiger partial charge >= 0.3 is 0 Å². The van der Waals surface area contributed by atoms with E-state index < -0.39 is 11.2 Å². The van der Waals surface area contributed by atoms with Crippen LogP contribution < -0.4 is 0 Å².